The third kappa shape index (κ3) is 15.4. The first-order valence-corrected chi connectivity index (χ1v) is 24.3. The van der Waals surface area contributed by atoms with E-state index in [1.54, 1.807) is 7.11 Å². The maximum atomic E-state index is 6.29. The zero-order valence-electron chi connectivity index (χ0n) is 36.4. The minimum atomic E-state index is -0.373. The molecule has 0 bridgehead atoms. The molecule has 2 aliphatic rings. The van der Waals surface area contributed by atoms with Gasteiger partial charge in [-0.05, 0) is 123 Å². The van der Waals surface area contributed by atoms with Crippen molar-refractivity contribution < 1.29 is 32.4 Å². The summed E-state index contributed by atoms with van der Waals surface area (Å²) in [5.41, 5.74) is 15.3. The van der Waals surface area contributed by atoms with Crippen LogP contribution in [0.3, 0.4) is 0 Å². The average molecular weight is 887 g/mol. The summed E-state index contributed by atoms with van der Waals surface area (Å²) >= 11 is 2.22. The van der Waals surface area contributed by atoms with Gasteiger partial charge in [-0.2, -0.15) is 35.9 Å². The number of benzene rings is 3. The molecule has 2 fully saturated rings. The van der Waals surface area contributed by atoms with E-state index >= 15 is 0 Å². The van der Waals surface area contributed by atoms with Crippen LogP contribution in [0.4, 0.5) is 0 Å². The number of hydrogen-bond acceptors (Lipinski definition) is 4. The second-order valence-electron chi connectivity index (χ2n) is 17.0. The molecular weight excluding hydrogens is 811 g/mol. The Morgan fingerprint density at radius 2 is 1.20 bits per heavy atom. The zero-order chi connectivity index (χ0) is 41.1. The molecule has 0 heterocycles. The number of nitrogens with two attached hydrogens (primary N) is 1. The van der Waals surface area contributed by atoms with E-state index < -0.39 is 0 Å². The molecular formula is C48H75ClNO3PPd. The average Bonchev–Trinajstić information content (AvgIpc) is 3.19. The topological polar surface area (TPSA) is 53.7 Å². The molecule has 0 atom stereocenters. The quantitative estimate of drug-likeness (QED) is 0.118. The molecule has 0 radical (unpaired) electrons. The van der Waals surface area contributed by atoms with Crippen molar-refractivity contribution in [1.29, 1.82) is 0 Å². The molecule has 5 rings (SSSR count). The van der Waals surface area contributed by atoms with Gasteiger partial charge in [-0.3, -0.25) is 0 Å². The summed E-state index contributed by atoms with van der Waals surface area (Å²) < 4.78 is 17.5. The Hall–Kier alpha value is -1.44. The van der Waals surface area contributed by atoms with Gasteiger partial charge >= 0.3 is 27.7 Å². The Bertz CT molecular complexity index is 1450. The molecule has 2 saturated carbocycles. The number of methoxy groups -OCH3 is 3. The molecule has 312 valence electrons. The first kappa shape index (κ1) is 49.7. The maximum absolute atomic E-state index is 6.29. The fourth-order valence-corrected chi connectivity index (χ4v) is 11.8. The van der Waals surface area contributed by atoms with Crippen LogP contribution in [0, 0.1) is 6.07 Å². The van der Waals surface area contributed by atoms with Crippen LogP contribution in [0.15, 0.2) is 48.5 Å². The Kier molecular flexibility index (Phi) is 23.3. The first-order valence-electron chi connectivity index (χ1n) is 20.8. The summed E-state index contributed by atoms with van der Waals surface area (Å²) in [7, 11) is 9.58. The zero-order valence-corrected chi connectivity index (χ0v) is 39.6. The van der Waals surface area contributed by atoms with E-state index in [4.69, 9.17) is 19.9 Å². The van der Waals surface area contributed by atoms with Crippen LogP contribution in [0.25, 0.3) is 11.1 Å². The third-order valence-electron chi connectivity index (χ3n) is 10.9. The molecule has 2 N–H and O–H groups in total. The molecule has 3 aromatic carbocycles. The van der Waals surface area contributed by atoms with Crippen molar-refractivity contribution in [3.8, 4) is 22.6 Å². The van der Waals surface area contributed by atoms with Crippen LogP contribution in [-0.4, -0.2) is 44.8 Å². The normalized spacial score (nSPS) is 15.2. The minimum absolute atomic E-state index is 0.0417. The summed E-state index contributed by atoms with van der Waals surface area (Å²) in [6, 6.07) is 20.4. The van der Waals surface area contributed by atoms with E-state index in [1.807, 2.05) is 59.3 Å². The van der Waals surface area contributed by atoms with Crippen molar-refractivity contribution in [1.82, 2.24) is 0 Å². The number of hydrogen-bond donors (Lipinski definition) is 1. The van der Waals surface area contributed by atoms with E-state index in [0.717, 1.165) is 29.2 Å². The van der Waals surface area contributed by atoms with Crippen molar-refractivity contribution in [3.63, 3.8) is 0 Å². The molecule has 7 heteroatoms. The van der Waals surface area contributed by atoms with Crippen LogP contribution in [0.5, 0.6) is 11.5 Å². The van der Waals surface area contributed by atoms with E-state index in [2.05, 4.69) is 99.6 Å². The molecule has 0 saturated heterocycles. The van der Waals surface area contributed by atoms with Crippen LogP contribution in [-0.2, 0) is 29.3 Å². The van der Waals surface area contributed by atoms with Gasteiger partial charge in [0.15, 0.2) is 0 Å². The summed E-state index contributed by atoms with van der Waals surface area (Å²) in [6.07, 6.45) is 14.8. The van der Waals surface area contributed by atoms with Crippen LogP contribution in [0.1, 0.15) is 167 Å². The molecule has 4 nitrogen and oxygen atoms in total. The van der Waals surface area contributed by atoms with Gasteiger partial charge in [0.05, 0.1) is 19.8 Å². The summed E-state index contributed by atoms with van der Waals surface area (Å²) in [4.78, 5) is 0. The Balaban J connectivity index is 0.000000509. The second kappa shape index (κ2) is 25.8. The van der Waals surface area contributed by atoms with Gasteiger partial charge in [0.1, 0.15) is 11.5 Å². The predicted octanol–water partition coefficient (Wildman–Crippen LogP) is 13.6. The van der Waals surface area contributed by atoms with Crippen molar-refractivity contribution in [2.75, 3.05) is 27.9 Å². The van der Waals surface area contributed by atoms with Gasteiger partial charge in [0.2, 0.25) is 0 Å². The van der Waals surface area contributed by atoms with Gasteiger partial charge < -0.3 is 19.9 Å². The second-order valence-corrected chi connectivity index (χ2v) is 19.7. The number of rotatable bonds is 11. The van der Waals surface area contributed by atoms with E-state index in [9.17, 15) is 0 Å². The van der Waals surface area contributed by atoms with Gasteiger partial charge in [-0.1, -0.05) is 100 Å². The van der Waals surface area contributed by atoms with Crippen molar-refractivity contribution >= 4 is 22.8 Å². The monoisotopic (exact) mass is 885 g/mol. The standard InChI is InChI=1S/C35H53O2P.C8H10N.C5H12O.ClH.Pd/c1-23(2)26-21-29(24(3)4)33(30(22-26)25(5)6)34-31(36-7)19-20-32(37-8)35(34)38(27-15-11-9-12-16-27)28-17-13-10-14-18-28;9-7-6-8-4-2-1-3-5-8;1-5(2,3)6-4;;/h19-25,27-28H,9-18H2,1-8H3;1-4H,6-7,9H2;1-4H3;1H;/q;-1;;;+2/p-1. The summed E-state index contributed by atoms with van der Waals surface area (Å²) in [5.74, 6) is 3.50. The Labute approximate surface area is 353 Å². The number of ether oxygens (including phenoxy) is 3. The molecule has 3 aromatic rings. The van der Waals surface area contributed by atoms with Gasteiger partial charge in [-0.15, -0.1) is 0 Å². The van der Waals surface area contributed by atoms with E-state index in [0.29, 0.717) is 24.3 Å². The summed E-state index contributed by atoms with van der Waals surface area (Å²) in [6.45, 7) is 20.9. The Morgan fingerprint density at radius 1 is 0.727 bits per heavy atom. The van der Waals surface area contributed by atoms with Gasteiger partial charge in [-0.25, -0.2) is 0 Å². The first-order chi connectivity index (χ1) is 26.3. The molecule has 55 heavy (non-hydrogen) atoms. The molecule has 0 aromatic heterocycles. The van der Waals surface area contributed by atoms with E-state index in [-0.39, 0.29) is 13.5 Å². The van der Waals surface area contributed by atoms with Crippen molar-refractivity contribution in [2.24, 2.45) is 5.73 Å². The van der Waals surface area contributed by atoms with Crippen LogP contribution in [0.2, 0.25) is 0 Å². The SMILES string of the molecule is COC(C)(C)C.COc1ccc(OC)c(P(C2CCCCC2)C2CCCCC2)c1-c1c(C(C)C)cc(C(C)C)cc1C(C)C.NCCc1[c-]cccc1.[Cl][Pd+]. The Morgan fingerprint density at radius 3 is 1.56 bits per heavy atom. The van der Waals surface area contributed by atoms with Gasteiger partial charge in [0, 0.05) is 18.0 Å². The predicted molar refractivity (Wildman–Crippen MR) is 238 cm³/mol. The van der Waals surface area contributed by atoms with Crippen LogP contribution >= 0.6 is 17.5 Å². The fraction of sp³-hybridized carbons (Fsp3) is 0.625. The van der Waals surface area contributed by atoms with Gasteiger partial charge in [0.25, 0.3) is 0 Å². The third-order valence-corrected chi connectivity index (χ3v) is 14.5. The molecule has 0 amide bonds. The fourth-order valence-electron chi connectivity index (χ4n) is 7.75. The molecule has 2 aliphatic carbocycles. The summed E-state index contributed by atoms with van der Waals surface area (Å²) in [5, 5.41) is 1.52. The molecule has 0 aliphatic heterocycles. The van der Waals surface area contributed by atoms with Crippen LogP contribution < -0.4 is 20.5 Å². The molecule has 0 unspecified atom stereocenters. The van der Waals surface area contributed by atoms with Crippen molar-refractivity contribution in [3.05, 3.63) is 76.9 Å². The van der Waals surface area contributed by atoms with Crippen molar-refractivity contribution in [2.45, 2.75) is 168 Å². The van der Waals surface area contributed by atoms with E-state index in [1.165, 1.54) is 103 Å². The number of halogens is 1. The molecule has 0 spiro atoms.